The molecular weight excluding hydrogens is 238 g/mol. The predicted molar refractivity (Wildman–Crippen MR) is 75.3 cm³/mol. The second-order valence-electron chi connectivity index (χ2n) is 5.57. The maximum atomic E-state index is 6.10. The van der Waals surface area contributed by atoms with Crippen molar-refractivity contribution in [2.75, 3.05) is 19.8 Å². The number of hydrogen-bond donors (Lipinski definition) is 1. The lowest BCUT2D eigenvalue weighted by Gasteiger charge is -2.32. The summed E-state index contributed by atoms with van der Waals surface area (Å²) in [6, 6.07) is 9.02. The molecule has 2 aliphatic rings. The summed E-state index contributed by atoms with van der Waals surface area (Å²) in [4.78, 5) is 0. The molecule has 1 aromatic rings. The number of ether oxygens (including phenoxy) is 2. The SMILES string of the molecule is CC1NCCCC1OCC1OCCc2ccccc21. The van der Waals surface area contributed by atoms with Crippen LogP contribution in [0.1, 0.15) is 37.0 Å². The third kappa shape index (κ3) is 2.99. The number of hydrogen-bond acceptors (Lipinski definition) is 3. The van der Waals surface area contributed by atoms with Gasteiger partial charge in [-0.2, -0.15) is 0 Å². The molecule has 3 unspecified atom stereocenters. The third-order valence-corrected chi connectivity index (χ3v) is 4.24. The van der Waals surface area contributed by atoms with E-state index in [9.17, 15) is 0 Å². The molecular formula is C16H23NO2. The van der Waals surface area contributed by atoms with Crippen LogP contribution in [0.2, 0.25) is 0 Å². The zero-order chi connectivity index (χ0) is 13.1. The van der Waals surface area contributed by atoms with Crippen molar-refractivity contribution in [3.8, 4) is 0 Å². The van der Waals surface area contributed by atoms with Gasteiger partial charge in [0.15, 0.2) is 0 Å². The first-order valence-electron chi connectivity index (χ1n) is 7.39. The van der Waals surface area contributed by atoms with E-state index < -0.39 is 0 Å². The van der Waals surface area contributed by atoms with Gasteiger partial charge in [-0.05, 0) is 43.9 Å². The minimum absolute atomic E-state index is 0.110. The Kier molecular flexibility index (Phi) is 4.16. The zero-order valence-electron chi connectivity index (χ0n) is 11.6. The predicted octanol–water partition coefficient (Wildman–Crippen LogP) is 2.46. The molecule has 104 valence electrons. The molecule has 0 saturated carbocycles. The van der Waals surface area contributed by atoms with E-state index >= 15 is 0 Å². The molecule has 3 atom stereocenters. The molecule has 0 aromatic heterocycles. The van der Waals surface area contributed by atoms with Gasteiger partial charge in [-0.1, -0.05) is 24.3 Å². The second-order valence-corrected chi connectivity index (χ2v) is 5.57. The van der Waals surface area contributed by atoms with Crippen molar-refractivity contribution in [2.24, 2.45) is 0 Å². The van der Waals surface area contributed by atoms with Crippen molar-refractivity contribution in [1.29, 1.82) is 0 Å². The summed E-state index contributed by atoms with van der Waals surface area (Å²) in [7, 11) is 0. The average Bonchev–Trinajstić information content (AvgIpc) is 2.46. The van der Waals surface area contributed by atoms with Gasteiger partial charge in [0.25, 0.3) is 0 Å². The van der Waals surface area contributed by atoms with Gasteiger partial charge < -0.3 is 14.8 Å². The highest BCUT2D eigenvalue weighted by Gasteiger charge is 2.25. The molecule has 0 spiro atoms. The molecule has 2 heterocycles. The Bertz CT molecular complexity index is 421. The second kappa shape index (κ2) is 6.04. The van der Waals surface area contributed by atoms with Gasteiger partial charge in [0.2, 0.25) is 0 Å². The molecule has 0 aliphatic carbocycles. The molecule has 0 bridgehead atoms. The van der Waals surface area contributed by atoms with Crippen LogP contribution < -0.4 is 5.32 Å². The summed E-state index contributed by atoms with van der Waals surface area (Å²) in [6.45, 7) is 4.81. The Morgan fingerprint density at radius 1 is 1.37 bits per heavy atom. The summed E-state index contributed by atoms with van der Waals surface area (Å²) in [6.07, 6.45) is 3.82. The normalized spacial score (nSPS) is 30.9. The molecule has 1 saturated heterocycles. The molecule has 0 radical (unpaired) electrons. The Morgan fingerprint density at radius 3 is 3.16 bits per heavy atom. The van der Waals surface area contributed by atoms with Crippen LogP contribution in [-0.4, -0.2) is 31.9 Å². The summed E-state index contributed by atoms with van der Waals surface area (Å²) in [5, 5.41) is 3.47. The number of fused-ring (bicyclic) bond motifs is 1. The number of benzene rings is 1. The molecule has 0 amide bonds. The highest BCUT2D eigenvalue weighted by atomic mass is 16.5. The van der Waals surface area contributed by atoms with Crippen molar-refractivity contribution in [3.63, 3.8) is 0 Å². The van der Waals surface area contributed by atoms with Crippen molar-refractivity contribution in [3.05, 3.63) is 35.4 Å². The first-order valence-corrected chi connectivity index (χ1v) is 7.39. The summed E-state index contributed by atoms with van der Waals surface area (Å²) in [5.41, 5.74) is 2.72. The number of rotatable bonds is 3. The Hall–Kier alpha value is -0.900. The lowest BCUT2D eigenvalue weighted by atomic mass is 9.98. The first-order chi connectivity index (χ1) is 9.34. The lowest BCUT2D eigenvalue weighted by molar-refractivity contribution is -0.0659. The largest absolute Gasteiger partial charge is 0.374 e. The molecule has 1 fully saturated rings. The minimum Gasteiger partial charge on any atom is -0.374 e. The van der Waals surface area contributed by atoms with E-state index in [4.69, 9.17) is 9.47 Å². The lowest BCUT2D eigenvalue weighted by Crippen LogP contribution is -2.44. The summed E-state index contributed by atoms with van der Waals surface area (Å²) in [5.74, 6) is 0. The van der Waals surface area contributed by atoms with Gasteiger partial charge in [0.05, 0.1) is 19.3 Å². The molecule has 1 N–H and O–H groups in total. The van der Waals surface area contributed by atoms with Crippen LogP contribution in [0.5, 0.6) is 0 Å². The third-order valence-electron chi connectivity index (χ3n) is 4.24. The standard InChI is InChI=1S/C16H23NO2/c1-12-15(7-4-9-17-12)19-11-16-14-6-3-2-5-13(14)8-10-18-16/h2-3,5-6,12,15-17H,4,7-11H2,1H3. The fourth-order valence-electron chi connectivity index (χ4n) is 3.07. The topological polar surface area (TPSA) is 30.5 Å². The molecule has 19 heavy (non-hydrogen) atoms. The van der Waals surface area contributed by atoms with E-state index in [-0.39, 0.29) is 6.10 Å². The quantitative estimate of drug-likeness (QED) is 0.906. The Balaban J connectivity index is 1.61. The zero-order valence-corrected chi connectivity index (χ0v) is 11.6. The molecule has 3 nitrogen and oxygen atoms in total. The van der Waals surface area contributed by atoms with Crippen molar-refractivity contribution < 1.29 is 9.47 Å². The van der Waals surface area contributed by atoms with Crippen molar-refractivity contribution >= 4 is 0 Å². The molecule has 3 heteroatoms. The smallest absolute Gasteiger partial charge is 0.106 e. The van der Waals surface area contributed by atoms with Gasteiger partial charge in [0, 0.05) is 6.04 Å². The van der Waals surface area contributed by atoms with E-state index in [0.717, 1.165) is 26.0 Å². The molecule has 3 rings (SSSR count). The van der Waals surface area contributed by atoms with E-state index in [2.05, 4.69) is 36.5 Å². The molecule has 2 aliphatic heterocycles. The average molecular weight is 261 g/mol. The maximum absolute atomic E-state index is 6.10. The van der Waals surface area contributed by atoms with Crippen LogP contribution in [0.4, 0.5) is 0 Å². The maximum Gasteiger partial charge on any atom is 0.106 e. The monoisotopic (exact) mass is 261 g/mol. The fourth-order valence-corrected chi connectivity index (χ4v) is 3.07. The van der Waals surface area contributed by atoms with Crippen LogP contribution in [-0.2, 0) is 15.9 Å². The van der Waals surface area contributed by atoms with Crippen LogP contribution in [0, 0.1) is 0 Å². The minimum atomic E-state index is 0.110. The van der Waals surface area contributed by atoms with E-state index in [1.54, 1.807) is 0 Å². The Morgan fingerprint density at radius 2 is 2.26 bits per heavy atom. The first kappa shape index (κ1) is 13.1. The van der Waals surface area contributed by atoms with Crippen molar-refractivity contribution in [1.82, 2.24) is 5.32 Å². The van der Waals surface area contributed by atoms with E-state index in [0.29, 0.717) is 18.8 Å². The Labute approximate surface area is 115 Å². The van der Waals surface area contributed by atoms with Crippen LogP contribution in [0.3, 0.4) is 0 Å². The molecule has 1 aromatic carbocycles. The highest BCUT2D eigenvalue weighted by molar-refractivity contribution is 5.30. The van der Waals surface area contributed by atoms with Crippen LogP contribution in [0.15, 0.2) is 24.3 Å². The van der Waals surface area contributed by atoms with E-state index in [1.807, 2.05) is 0 Å². The number of piperidine rings is 1. The van der Waals surface area contributed by atoms with Gasteiger partial charge in [0.1, 0.15) is 6.10 Å². The highest BCUT2D eigenvalue weighted by Crippen LogP contribution is 2.28. The number of nitrogens with one attached hydrogen (secondary N) is 1. The van der Waals surface area contributed by atoms with Gasteiger partial charge in [-0.3, -0.25) is 0 Å². The van der Waals surface area contributed by atoms with Crippen molar-refractivity contribution in [2.45, 2.75) is 44.4 Å². The van der Waals surface area contributed by atoms with Gasteiger partial charge in [-0.25, -0.2) is 0 Å². The summed E-state index contributed by atoms with van der Waals surface area (Å²) >= 11 is 0. The van der Waals surface area contributed by atoms with Crippen LogP contribution >= 0.6 is 0 Å². The van der Waals surface area contributed by atoms with Gasteiger partial charge >= 0.3 is 0 Å². The fraction of sp³-hybridized carbons (Fsp3) is 0.625. The van der Waals surface area contributed by atoms with E-state index in [1.165, 1.54) is 17.5 Å². The van der Waals surface area contributed by atoms with Gasteiger partial charge in [-0.15, -0.1) is 0 Å². The van der Waals surface area contributed by atoms with Crippen LogP contribution in [0.25, 0.3) is 0 Å². The summed E-state index contributed by atoms with van der Waals surface area (Å²) < 4.78 is 12.0.